The Bertz CT molecular complexity index is 1010. The number of benzene rings is 2. The Kier molecular flexibility index (Phi) is 5.01. The van der Waals surface area contributed by atoms with E-state index in [2.05, 4.69) is 0 Å². The van der Waals surface area contributed by atoms with Crippen LogP contribution >= 0.6 is 22.4 Å². The Labute approximate surface area is 173 Å². The number of rotatable bonds is 3. The molecule has 0 radical (unpaired) electrons. The first-order chi connectivity index (χ1) is 13.3. The van der Waals surface area contributed by atoms with Gasteiger partial charge in [-0.3, -0.25) is 4.79 Å². The van der Waals surface area contributed by atoms with Gasteiger partial charge in [-0.05, 0) is 56.9 Å². The van der Waals surface area contributed by atoms with Crippen molar-refractivity contribution in [3.05, 3.63) is 59.7 Å². The molecule has 1 spiro atoms. The van der Waals surface area contributed by atoms with Crippen LogP contribution in [0.3, 0.4) is 0 Å². The molecular weight excluding hydrogens is 416 g/mol. The summed E-state index contributed by atoms with van der Waals surface area (Å²) in [6.45, 7) is 1.89. The summed E-state index contributed by atoms with van der Waals surface area (Å²) in [5.41, 5.74) is 0.250. The molecule has 0 saturated heterocycles. The number of alkyl halides is 1. The van der Waals surface area contributed by atoms with E-state index in [0.29, 0.717) is 34.9 Å². The summed E-state index contributed by atoms with van der Waals surface area (Å²) in [5.74, 6) is 0.0950. The molecule has 4 rings (SSSR count). The number of carbonyl (C=O) groups is 1. The first-order valence-corrected chi connectivity index (χ1v) is 12.5. The molecule has 0 aromatic heterocycles. The second-order valence-corrected chi connectivity index (χ2v) is 12.2. The molecule has 1 saturated carbocycles. The molecule has 28 heavy (non-hydrogen) atoms. The van der Waals surface area contributed by atoms with Gasteiger partial charge in [0.05, 0.1) is 10.5 Å². The maximum Gasteiger partial charge on any atom is 0.232 e. The van der Waals surface area contributed by atoms with Crippen LogP contribution in [0.2, 0.25) is 0 Å². The van der Waals surface area contributed by atoms with Gasteiger partial charge in [0.1, 0.15) is 11.4 Å². The number of Topliss-reactive ketones (excluding diaryl/α,β-unsaturated/α-hetero) is 1. The van der Waals surface area contributed by atoms with Gasteiger partial charge in [0.15, 0.2) is 0 Å². The summed E-state index contributed by atoms with van der Waals surface area (Å²) in [7, 11) is -3.34. The standard InChI is InChI=1S/C21H21ClO4S2/c1-15-9-11-16(12-10-15)28(24,25)27-21(22)19(23)17-7-3-4-8-18(17)26-20(21)13-5-2-6-14-20/h3-4,7-12H,2,5-6,13-14H2,1H3. The van der Waals surface area contributed by atoms with Gasteiger partial charge in [0.2, 0.25) is 18.9 Å². The second kappa shape index (κ2) is 7.08. The number of carbonyl (C=O) groups excluding carboxylic acids is 1. The lowest BCUT2D eigenvalue weighted by molar-refractivity contribution is 0.00883. The van der Waals surface area contributed by atoms with Crippen LogP contribution in [0.4, 0.5) is 0 Å². The highest BCUT2D eigenvalue weighted by Crippen LogP contribution is 2.57. The number of hydrogen-bond acceptors (Lipinski definition) is 5. The zero-order chi connectivity index (χ0) is 20.0. The molecule has 2 aromatic carbocycles. The second-order valence-electron chi connectivity index (χ2n) is 7.43. The fraction of sp³-hybridized carbons (Fsp3) is 0.381. The van der Waals surface area contributed by atoms with E-state index in [1.165, 1.54) is 0 Å². The Morgan fingerprint density at radius 2 is 1.64 bits per heavy atom. The lowest BCUT2D eigenvalue weighted by Crippen LogP contribution is -2.61. The van der Waals surface area contributed by atoms with Crippen molar-refractivity contribution in [1.29, 1.82) is 0 Å². The highest BCUT2D eigenvalue weighted by molar-refractivity contribution is 8.73. The molecule has 4 nitrogen and oxygen atoms in total. The first-order valence-electron chi connectivity index (χ1n) is 9.32. The normalized spacial score (nSPS) is 23.9. The monoisotopic (exact) mass is 436 g/mol. The summed E-state index contributed by atoms with van der Waals surface area (Å²) >= 11 is 6.96. The van der Waals surface area contributed by atoms with Crippen molar-refractivity contribution in [2.75, 3.05) is 0 Å². The maximum absolute atomic E-state index is 13.5. The van der Waals surface area contributed by atoms with E-state index < -0.39 is 24.5 Å². The fourth-order valence-corrected chi connectivity index (χ4v) is 8.70. The molecule has 1 fully saturated rings. The summed E-state index contributed by atoms with van der Waals surface area (Å²) in [5, 5.41) is 0. The number of hydrogen-bond donors (Lipinski definition) is 0. The zero-order valence-corrected chi connectivity index (χ0v) is 17.9. The van der Waals surface area contributed by atoms with E-state index in [9.17, 15) is 13.2 Å². The molecule has 0 amide bonds. The molecule has 0 N–H and O–H groups in total. The Hall–Kier alpha value is -1.50. The van der Waals surface area contributed by atoms with Crippen molar-refractivity contribution >= 4 is 37.0 Å². The fourth-order valence-electron chi connectivity index (χ4n) is 3.96. The molecule has 1 unspecified atom stereocenters. The van der Waals surface area contributed by atoms with Crippen molar-refractivity contribution in [1.82, 2.24) is 0 Å². The van der Waals surface area contributed by atoms with Crippen LogP contribution in [0.5, 0.6) is 5.75 Å². The molecule has 1 aliphatic heterocycles. The number of aryl methyl sites for hydroxylation is 1. The van der Waals surface area contributed by atoms with E-state index in [1.54, 1.807) is 48.5 Å². The van der Waals surface area contributed by atoms with E-state index in [4.69, 9.17) is 16.3 Å². The van der Waals surface area contributed by atoms with Gasteiger partial charge >= 0.3 is 0 Å². The van der Waals surface area contributed by atoms with Gasteiger partial charge in [-0.25, -0.2) is 8.42 Å². The number of para-hydroxylation sites is 1. The van der Waals surface area contributed by atoms with Crippen molar-refractivity contribution in [3.63, 3.8) is 0 Å². The first kappa shape index (κ1) is 19.8. The third kappa shape index (κ3) is 3.15. The van der Waals surface area contributed by atoms with E-state index in [0.717, 1.165) is 24.8 Å². The quantitative estimate of drug-likeness (QED) is 0.480. The Morgan fingerprint density at radius 3 is 2.32 bits per heavy atom. The highest BCUT2D eigenvalue weighted by Gasteiger charge is 2.63. The number of ketones is 1. The predicted molar refractivity (Wildman–Crippen MR) is 112 cm³/mol. The molecule has 148 valence electrons. The highest BCUT2D eigenvalue weighted by atomic mass is 35.5. The number of ether oxygens (including phenoxy) is 1. The van der Waals surface area contributed by atoms with Gasteiger partial charge in [-0.15, -0.1) is 0 Å². The van der Waals surface area contributed by atoms with Crippen LogP contribution in [0, 0.1) is 6.92 Å². The molecule has 1 aliphatic carbocycles. The summed E-state index contributed by atoms with van der Waals surface area (Å²) in [4.78, 5) is 13.6. The SMILES string of the molecule is Cc1ccc(S(=O)(=O)SC2(Cl)C(=O)c3ccccc3OC23CCCCC3)cc1. The summed E-state index contributed by atoms with van der Waals surface area (Å²) in [6.07, 6.45) is 3.80. The van der Waals surface area contributed by atoms with E-state index in [-0.39, 0.29) is 4.90 Å². The average molecular weight is 437 g/mol. The van der Waals surface area contributed by atoms with Crippen molar-refractivity contribution < 1.29 is 17.9 Å². The summed E-state index contributed by atoms with van der Waals surface area (Å²) < 4.78 is 30.9. The zero-order valence-electron chi connectivity index (χ0n) is 15.5. The number of fused-ring (bicyclic) bond motifs is 1. The van der Waals surface area contributed by atoms with Crippen LogP contribution in [-0.4, -0.2) is 24.0 Å². The topological polar surface area (TPSA) is 60.4 Å². The largest absolute Gasteiger partial charge is 0.483 e. The van der Waals surface area contributed by atoms with Crippen LogP contribution in [0.25, 0.3) is 0 Å². The van der Waals surface area contributed by atoms with Crippen LogP contribution in [-0.2, 0) is 8.87 Å². The Morgan fingerprint density at radius 1 is 1.00 bits per heavy atom. The van der Waals surface area contributed by atoms with Crippen molar-refractivity contribution in [3.8, 4) is 5.75 Å². The third-order valence-corrected chi connectivity index (χ3v) is 10.4. The summed E-state index contributed by atoms with van der Waals surface area (Å²) in [6, 6.07) is 13.5. The average Bonchev–Trinajstić information content (AvgIpc) is 2.67. The molecule has 2 aromatic rings. The molecule has 0 bridgehead atoms. The van der Waals surface area contributed by atoms with Gasteiger partial charge < -0.3 is 4.74 Å². The molecule has 1 heterocycles. The lowest BCUT2D eigenvalue weighted by atomic mass is 9.77. The van der Waals surface area contributed by atoms with Crippen LogP contribution in [0.15, 0.2) is 53.4 Å². The number of halogens is 1. The van der Waals surface area contributed by atoms with Gasteiger partial charge in [-0.1, -0.05) is 47.9 Å². The molecule has 7 heteroatoms. The van der Waals surface area contributed by atoms with Gasteiger partial charge in [0, 0.05) is 10.8 Å². The molecule has 2 aliphatic rings. The lowest BCUT2D eigenvalue weighted by Gasteiger charge is -2.49. The molecule has 1 atom stereocenters. The third-order valence-electron chi connectivity index (χ3n) is 5.51. The smallest absolute Gasteiger partial charge is 0.232 e. The van der Waals surface area contributed by atoms with Gasteiger partial charge in [0.25, 0.3) is 0 Å². The maximum atomic E-state index is 13.5. The van der Waals surface area contributed by atoms with Crippen molar-refractivity contribution in [2.45, 2.75) is 53.7 Å². The van der Waals surface area contributed by atoms with E-state index >= 15 is 0 Å². The van der Waals surface area contributed by atoms with Crippen LogP contribution < -0.4 is 4.74 Å². The molecular formula is C21H21ClO4S2. The minimum atomic E-state index is -3.86. The van der Waals surface area contributed by atoms with E-state index in [1.807, 2.05) is 6.92 Å². The van der Waals surface area contributed by atoms with Gasteiger partial charge in [-0.2, -0.15) is 0 Å². The Balaban J connectivity index is 1.81. The van der Waals surface area contributed by atoms with Crippen LogP contribution in [0.1, 0.15) is 48.0 Å². The minimum Gasteiger partial charge on any atom is -0.483 e. The predicted octanol–water partition coefficient (Wildman–Crippen LogP) is 5.33. The minimum absolute atomic E-state index is 0.140. The van der Waals surface area contributed by atoms with Crippen molar-refractivity contribution in [2.24, 2.45) is 0 Å².